The van der Waals surface area contributed by atoms with Gasteiger partial charge in [-0.05, 0) is 41.0 Å². The van der Waals surface area contributed by atoms with E-state index >= 15 is 0 Å². The fourth-order valence-corrected chi connectivity index (χ4v) is 4.19. The molecule has 0 radical (unpaired) electrons. The molecule has 0 bridgehead atoms. The van der Waals surface area contributed by atoms with Gasteiger partial charge in [0.15, 0.2) is 0 Å². The number of carboxylic acid groups (broad SMARTS) is 1. The Morgan fingerprint density at radius 2 is 1.61 bits per heavy atom. The first-order valence-corrected chi connectivity index (χ1v) is 11.5. The Hall–Kier alpha value is -3.35. The summed E-state index contributed by atoms with van der Waals surface area (Å²) in [6, 6.07) is 15.5. The lowest BCUT2D eigenvalue weighted by Gasteiger charge is -2.24. The number of carboxylic acids is 1. The number of aliphatic carboxylic acids is 1. The van der Waals surface area contributed by atoms with Crippen molar-refractivity contribution in [2.45, 2.75) is 51.5 Å². The van der Waals surface area contributed by atoms with Crippen molar-refractivity contribution in [1.82, 2.24) is 10.6 Å². The molecule has 176 valence electrons. The maximum Gasteiger partial charge on any atom is 0.407 e. The number of hydrogen-bond acceptors (Lipinski definition) is 4. The Morgan fingerprint density at radius 3 is 2.18 bits per heavy atom. The van der Waals surface area contributed by atoms with Crippen molar-refractivity contribution in [3.8, 4) is 11.1 Å². The van der Waals surface area contributed by atoms with Crippen LogP contribution in [0, 0.1) is 5.92 Å². The topological polar surface area (TPSA) is 105 Å². The van der Waals surface area contributed by atoms with Crippen molar-refractivity contribution in [3.05, 3.63) is 59.7 Å². The number of fused-ring (bicyclic) bond motifs is 3. The first kappa shape index (κ1) is 24.3. The van der Waals surface area contributed by atoms with E-state index in [2.05, 4.69) is 34.9 Å². The van der Waals surface area contributed by atoms with Crippen molar-refractivity contribution in [3.63, 3.8) is 0 Å². The van der Waals surface area contributed by atoms with Gasteiger partial charge >= 0.3 is 12.1 Å². The maximum absolute atomic E-state index is 12.7. The molecule has 2 atom stereocenters. The summed E-state index contributed by atoms with van der Waals surface area (Å²) in [5.74, 6) is -1.26. The second-order valence-electron chi connectivity index (χ2n) is 8.47. The molecule has 3 N–H and O–H groups in total. The molecule has 0 saturated carbocycles. The summed E-state index contributed by atoms with van der Waals surface area (Å²) in [6.07, 6.45) is 1.21. The molecule has 0 spiro atoms. The van der Waals surface area contributed by atoms with E-state index in [1.165, 1.54) is 0 Å². The molecule has 0 fully saturated rings. The lowest BCUT2D eigenvalue weighted by Crippen LogP contribution is -2.50. The van der Waals surface area contributed by atoms with Gasteiger partial charge in [0.25, 0.3) is 0 Å². The van der Waals surface area contributed by atoms with Gasteiger partial charge in [0.2, 0.25) is 5.91 Å². The van der Waals surface area contributed by atoms with Gasteiger partial charge in [-0.3, -0.25) is 9.59 Å². The Morgan fingerprint density at radius 1 is 1.00 bits per heavy atom. The highest BCUT2D eigenvalue weighted by Crippen LogP contribution is 2.44. The monoisotopic (exact) mass is 452 g/mol. The molecule has 2 aromatic carbocycles. The van der Waals surface area contributed by atoms with Gasteiger partial charge in [0, 0.05) is 18.9 Å². The van der Waals surface area contributed by atoms with E-state index in [1.54, 1.807) is 0 Å². The molecule has 2 amide bonds. The lowest BCUT2D eigenvalue weighted by molar-refractivity contribution is -0.137. The number of carbonyl (C=O) groups is 3. The predicted molar refractivity (Wildman–Crippen MR) is 126 cm³/mol. The van der Waals surface area contributed by atoms with Crippen molar-refractivity contribution in [1.29, 1.82) is 0 Å². The number of benzene rings is 2. The zero-order valence-corrected chi connectivity index (χ0v) is 19.2. The van der Waals surface area contributed by atoms with E-state index in [0.717, 1.165) is 22.3 Å². The summed E-state index contributed by atoms with van der Waals surface area (Å²) in [5.41, 5.74) is 4.57. The molecule has 0 unspecified atom stereocenters. The molecule has 1 aliphatic rings. The highest BCUT2D eigenvalue weighted by molar-refractivity contribution is 5.86. The standard InChI is InChI=1S/C26H32N2O5/c1-3-17(2)24(25(31)27-15-9-8-14-23(29)30)28-26(32)33-16-22-20-12-6-4-10-18(20)19-11-5-7-13-21(19)22/h4-7,10-13,17,22,24H,3,8-9,14-16H2,1-2H3,(H,27,31)(H,28,32)(H,29,30)/t17-,24-/m0/s1. The second kappa shape index (κ2) is 11.5. The van der Waals surface area contributed by atoms with Crippen LogP contribution in [0.15, 0.2) is 48.5 Å². The average molecular weight is 453 g/mol. The molecule has 0 aromatic heterocycles. The minimum Gasteiger partial charge on any atom is -0.481 e. The molecular formula is C26H32N2O5. The van der Waals surface area contributed by atoms with Gasteiger partial charge < -0.3 is 20.5 Å². The fourth-order valence-electron chi connectivity index (χ4n) is 4.19. The first-order chi connectivity index (χ1) is 15.9. The second-order valence-corrected chi connectivity index (χ2v) is 8.47. The number of hydrogen-bond donors (Lipinski definition) is 3. The van der Waals surface area contributed by atoms with Crippen LogP contribution in [0.25, 0.3) is 11.1 Å². The van der Waals surface area contributed by atoms with Crippen molar-refractivity contribution in [2.24, 2.45) is 5.92 Å². The van der Waals surface area contributed by atoms with Crippen LogP contribution in [0.1, 0.15) is 56.6 Å². The van der Waals surface area contributed by atoms with Crippen LogP contribution in [0.2, 0.25) is 0 Å². The predicted octanol–water partition coefficient (Wildman–Crippen LogP) is 4.31. The van der Waals surface area contributed by atoms with Crippen LogP contribution >= 0.6 is 0 Å². The van der Waals surface area contributed by atoms with E-state index in [9.17, 15) is 14.4 Å². The summed E-state index contributed by atoms with van der Waals surface area (Å²) in [4.78, 5) is 35.9. The van der Waals surface area contributed by atoms with Crippen LogP contribution in [-0.2, 0) is 14.3 Å². The van der Waals surface area contributed by atoms with Crippen LogP contribution in [0.4, 0.5) is 4.79 Å². The first-order valence-electron chi connectivity index (χ1n) is 11.5. The van der Waals surface area contributed by atoms with Crippen molar-refractivity contribution < 1.29 is 24.2 Å². The fraction of sp³-hybridized carbons (Fsp3) is 0.423. The molecule has 1 aliphatic carbocycles. The van der Waals surface area contributed by atoms with E-state index < -0.39 is 18.1 Å². The third-order valence-electron chi connectivity index (χ3n) is 6.23. The van der Waals surface area contributed by atoms with Crippen molar-refractivity contribution >= 4 is 18.0 Å². The van der Waals surface area contributed by atoms with Gasteiger partial charge in [-0.1, -0.05) is 68.8 Å². The summed E-state index contributed by atoms with van der Waals surface area (Å²) >= 11 is 0. The molecule has 2 aromatic rings. The van der Waals surface area contributed by atoms with Gasteiger partial charge in [0.05, 0.1) is 0 Å². The SMILES string of the molecule is CC[C@H](C)[C@H](NC(=O)OCC1c2ccccc2-c2ccccc21)C(=O)NCCCCC(=O)O. The van der Waals surface area contributed by atoms with Crippen LogP contribution in [0.3, 0.4) is 0 Å². The molecule has 0 saturated heterocycles. The summed E-state index contributed by atoms with van der Waals surface area (Å²) in [6.45, 7) is 4.41. The van der Waals surface area contributed by atoms with Gasteiger partial charge in [-0.25, -0.2) is 4.79 Å². The number of alkyl carbamates (subject to hydrolysis) is 1. The molecule has 0 aliphatic heterocycles. The maximum atomic E-state index is 12.7. The number of rotatable bonds is 11. The molecule has 33 heavy (non-hydrogen) atoms. The molecule has 7 nitrogen and oxygen atoms in total. The van der Waals surface area contributed by atoms with Gasteiger partial charge in [0.1, 0.15) is 12.6 Å². The lowest BCUT2D eigenvalue weighted by atomic mass is 9.98. The van der Waals surface area contributed by atoms with Crippen molar-refractivity contribution in [2.75, 3.05) is 13.2 Å². The molecule has 7 heteroatoms. The summed E-state index contributed by atoms with van der Waals surface area (Å²) in [7, 11) is 0. The molecular weight excluding hydrogens is 420 g/mol. The highest BCUT2D eigenvalue weighted by Gasteiger charge is 2.30. The van der Waals surface area contributed by atoms with E-state index in [4.69, 9.17) is 9.84 Å². The zero-order chi connectivity index (χ0) is 23.8. The Kier molecular flexibility index (Phi) is 8.46. The molecule has 0 heterocycles. The Labute approximate surface area is 194 Å². The largest absolute Gasteiger partial charge is 0.481 e. The molecule has 3 rings (SSSR count). The number of carbonyl (C=O) groups excluding carboxylic acids is 2. The average Bonchev–Trinajstić information content (AvgIpc) is 3.14. The van der Waals surface area contributed by atoms with E-state index in [0.29, 0.717) is 25.8 Å². The third kappa shape index (κ3) is 6.12. The number of amides is 2. The summed E-state index contributed by atoms with van der Waals surface area (Å²) < 4.78 is 5.59. The normalized spacial score (nSPS) is 14.0. The number of ether oxygens (including phenoxy) is 1. The summed E-state index contributed by atoms with van der Waals surface area (Å²) in [5, 5.41) is 14.2. The minimum absolute atomic E-state index is 0.0479. The third-order valence-corrected chi connectivity index (χ3v) is 6.23. The Bertz CT molecular complexity index is 945. The van der Waals surface area contributed by atoms with Crippen LogP contribution < -0.4 is 10.6 Å². The Balaban J connectivity index is 1.57. The van der Waals surface area contributed by atoms with E-state index in [1.807, 2.05) is 38.1 Å². The quantitative estimate of drug-likeness (QED) is 0.441. The van der Waals surface area contributed by atoms with Crippen LogP contribution in [-0.4, -0.2) is 42.3 Å². The highest BCUT2D eigenvalue weighted by atomic mass is 16.5. The smallest absolute Gasteiger partial charge is 0.407 e. The minimum atomic E-state index is -0.851. The van der Waals surface area contributed by atoms with Gasteiger partial charge in [-0.15, -0.1) is 0 Å². The van der Waals surface area contributed by atoms with Crippen LogP contribution in [0.5, 0.6) is 0 Å². The number of nitrogens with one attached hydrogen (secondary N) is 2. The van der Waals surface area contributed by atoms with Gasteiger partial charge in [-0.2, -0.15) is 0 Å². The van der Waals surface area contributed by atoms with E-state index in [-0.39, 0.29) is 30.8 Å². The number of unbranched alkanes of at least 4 members (excludes halogenated alkanes) is 1. The zero-order valence-electron chi connectivity index (χ0n) is 19.2.